The Morgan fingerprint density at radius 3 is 2.00 bits per heavy atom. The second-order valence-corrected chi connectivity index (χ2v) is 4.72. The van der Waals surface area contributed by atoms with Crippen LogP contribution in [0, 0.1) is 5.41 Å². The Labute approximate surface area is 82.5 Å². The van der Waals surface area contributed by atoms with E-state index in [1.165, 1.54) is 11.1 Å². The van der Waals surface area contributed by atoms with E-state index in [4.69, 9.17) is 4.74 Å². The minimum atomic E-state index is 0.130. The van der Waals surface area contributed by atoms with Crippen LogP contribution in [0.15, 0.2) is 23.5 Å². The van der Waals surface area contributed by atoms with Gasteiger partial charge in [-0.25, -0.2) is 0 Å². The predicted molar refractivity (Wildman–Crippen MR) is 58.6 cm³/mol. The Morgan fingerprint density at radius 2 is 1.62 bits per heavy atom. The molecule has 0 aromatic heterocycles. The first-order valence-electron chi connectivity index (χ1n) is 4.74. The van der Waals surface area contributed by atoms with E-state index in [0.29, 0.717) is 0 Å². The van der Waals surface area contributed by atoms with Crippen molar-refractivity contribution in [1.82, 2.24) is 0 Å². The largest absolute Gasteiger partial charge is 0.500 e. The zero-order chi connectivity index (χ0) is 10.5. The summed E-state index contributed by atoms with van der Waals surface area (Å²) in [5, 5.41) is 0. The van der Waals surface area contributed by atoms with Crippen molar-refractivity contribution in [3.05, 3.63) is 23.5 Å². The molecule has 0 aliphatic carbocycles. The first-order valence-corrected chi connectivity index (χ1v) is 4.74. The smallest absolute Gasteiger partial charge is 0.0958 e. The zero-order valence-electron chi connectivity index (χ0n) is 9.77. The fraction of sp³-hybridized carbons (Fsp3) is 0.667. The summed E-state index contributed by atoms with van der Waals surface area (Å²) < 4.78 is 5.45. The zero-order valence-corrected chi connectivity index (χ0v) is 9.77. The molecule has 0 amide bonds. The molecule has 0 radical (unpaired) electrons. The highest BCUT2D eigenvalue weighted by Crippen LogP contribution is 2.19. The molecule has 0 spiro atoms. The Balaban J connectivity index is 4.04. The quantitative estimate of drug-likeness (QED) is 0.473. The van der Waals surface area contributed by atoms with Crippen LogP contribution in [0.1, 0.15) is 41.5 Å². The van der Waals surface area contributed by atoms with E-state index >= 15 is 0 Å². The molecule has 0 aliphatic rings. The van der Waals surface area contributed by atoms with Gasteiger partial charge in [-0.2, -0.15) is 0 Å². The summed E-state index contributed by atoms with van der Waals surface area (Å²) in [4.78, 5) is 0. The third-order valence-electron chi connectivity index (χ3n) is 1.45. The van der Waals surface area contributed by atoms with Crippen molar-refractivity contribution in [2.45, 2.75) is 41.5 Å². The lowest BCUT2D eigenvalue weighted by Gasteiger charge is -2.20. The molecule has 1 nitrogen and oxygen atoms in total. The molecule has 0 atom stereocenters. The lowest BCUT2D eigenvalue weighted by atomic mass is 9.92. The van der Waals surface area contributed by atoms with Crippen molar-refractivity contribution in [2.24, 2.45) is 5.41 Å². The van der Waals surface area contributed by atoms with Crippen molar-refractivity contribution < 1.29 is 4.74 Å². The van der Waals surface area contributed by atoms with E-state index in [0.717, 1.165) is 6.61 Å². The van der Waals surface area contributed by atoms with E-state index in [9.17, 15) is 0 Å². The van der Waals surface area contributed by atoms with Gasteiger partial charge >= 0.3 is 0 Å². The second-order valence-electron chi connectivity index (χ2n) is 4.72. The summed E-state index contributed by atoms with van der Waals surface area (Å²) in [6, 6.07) is 0. The Morgan fingerprint density at radius 1 is 1.08 bits per heavy atom. The SMILES string of the molecule is CC(C)=COCC(C)(C)C=C(C)C. The van der Waals surface area contributed by atoms with Crippen LogP contribution in [0.2, 0.25) is 0 Å². The van der Waals surface area contributed by atoms with Gasteiger partial charge in [-0.1, -0.05) is 25.5 Å². The van der Waals surface area contributed by atoms with Gasteiger partial charge in [0.25, 0.3) is 0 Å². The minimum absolute atomic E-state index is 0.130. The molecule has 0 aromatic carbocycles. The summed E-state index contributed by atoms with van der Waals surface area (Å²) in [5.74, 6) is 0. The van der Waals surface area contributed by atoms with Crippen LogP contribution >= 0.6 is 0 Å². The van der Waals surface area contributed by atoms with Crippen LogP contribution in [0.25, 0.3) is 0 Å². The van der Waals surface area contributed by atoms with Crippen LogP contribution in [0.4, 0.5) is 0 Å². The number of ether oxygens (including phenoxy) is 1. The summed E-state index contributed by atoms with van der Waals surface area (Å²) in [6.07, 6.45) is 4.06. The highest BCUT2D eigenvalue weighted by molar-refractivity contribution is 5.02. The maximum Gasteiger partial charge on any atom is 0.0958 e. The van der Waals surface area contributed by atoms with Gasteiger partial charge in [0.15, 0.2) is 0 Å². The van der Waals surface area contributed by atoms with Crippen LogP contribution < -0.4 is 0 Å². The third kappa shape index (κ3) is 7.63. The Hall–Kier alpha value is -0.720. The van der Waals surface area contributed by atoms with Gasteiger partial charge in [-0.05, 0) is 33.3 Å². The maximum absolute atomic E-state index is 5.45. The molecule has 0 saturated heterocycles. The second kappa shape index (κ2) is 5.11. The third-order valence-corrected chi connectivity index (χ3v) is 1.45. The van der Waals surface area contributed by atoms with E-state index in [1.807, 2.05) is 20.1 Å². The van der Waals surface area contributed by atoms with E-state index < -0.39 is 0 Å². The van der Waals surface area contributed by atoms with Crippen LogP contribution in [0.5, 0.6) is 0 Å². The fourth-order valence-electron chi connectivity index (χ4n) is 1.25. The Bertz CT molecular complexity index is 201. The number of hydrogen-bond acceptors (Lipinski definition) is 1. The molecule has 0 aliphatic heterocycles. The van der Waals surface area contributed by atoms with Gasteiger partial charge in [0.05, 0.1) is 12.9 Å². The first kappa shape index (κ1) is 12.3. The van der Waals surface area contributed by atoms with Crippen LogP contribution in [-0.4, -0.2) is 6.61 Å². The molecular formula is C12H22O. The highest BCUT2D eigenvalue weighted by atomic mass is 16.5. The molecule has 0 fully saturated rings. The lowest BCUT2D eigenvalue weighted by Crippen LogP contribution is -2.15. The van der Waals surface area contributed by atoms with Crippen molar-refractivity contribution in [2.75, 3.05) is 6.61 Å². The molecule has 0 rings (SSSR count). The molecule has 0 heterocycles. The van der Waals surface area contributed by atoms with Gasteiger partial charge in [0.1, 0.15) is 0 Å². The van der Waals surface area contributed by atoms with Gasteiger partial charge in [0, 0.05) is 5.41 Å². The number of rotatable bonds is 4. The lowest BCUT2D eigenvalue weighted by molar-refractivity contribution is 0.168. The monoisotopic (exact) mass is 182 g/mol. The standard InChI is InChI=1S/C12H22O/c1-10(2)7-12(5,6)9-13-8-11(3)4/h7-8H,9H2,1-6H3. The molecule has 0 aromatic rings. The number of hydrogen-bond donors (Lipinski definition) is 0. The van der Waals surface area contributed by atoms with Crippen molar-refractivity contribution in [1.29, 1.82) is 0 Å². The number of allylic oxidation sites excluding steroid dienone is 2. The van der Waals surface area contributed by atoms with Crippen molar-refractivity contribution >= 4 is 0 Å². The maximum atomic E-state index is 5.45. The minimum Gasteiger partial charge on any atom is -0.500 e. The van der Waals surface area contributed by atoms with E-state index in [2.05, 4.69) is 33.8 Å². The van der Waals surface area contributed by atoms with E-state index in [-0.39, 0.29) is 5.41 Å². The van der Waals surface area contributed by atoms with Crippen molar-refractivity contribution in [3.8, 4) is 0 Å². The summed E-state index contributed by atoms with van der Waals surface area (Å²) in [6.45, 7) is 13.4. The van der Waals surface area contributed by atoms with Gasteiger partial charge in [0.2, 0.25) is 0 Å². The molecule has 13 heavy (non-hydrogen) atoms. The normalized spacial score (nSPS) is 10.6. The van der Waals surface area contributed by atoms with Crippen LogP contribution in [-0.2, 0) is 4.74 Å². The molecule has 1 heteroatoms. The van der Waals surface area contributed by atoms with Crippen LogP contribution in [0.3, 0.4) is 0 Å². The van der Waals surface area contributed by atoms with Gasteiger partial charge < -0.3 is 4.74 Å². The Kier molecular flexibility index (Phi) is 4.82. The fourth-order valence-corrected chi connectivity index (χ4v) is 1.25. The van der Waals surface area contributed by atoms with Crippen molar-refractivity contribution in [3.63, 3.8) is 0 Å². The van der Waals surface area contributed by atoms with Gasteiger partial charge in [-0.15, -0.1) is 0 Å². The molecule has 0 saturated carbocycles. The van der Waals surface area contributed by atoms with Gasteiger partial charge in [-0.3, -0.25) is 0 Å². The average Bonchev–Trinajstić information content (AvgIpc) is 1.81. The summed E-state index contributed by atoms with van der Waals surface area (Å²) in [5.41, 5.74) is 2.67. The molecule has 0 unspecified atom stereocenters. The summed E-state index contributed by atoms with van der Waals surface area (Å²) >= 11 is 0. The topological polar surface area (TPSA) is 9.23 Å². The first-order chi connectivity index (χ1) is 5.83. The molecule has 0 N–H and O–H groups in total. The molecule has 76 valence electrons. The molecular weight excluding hydrogens is 160 g/mol. The predicted octanol–water partition coefficient (Wildman–Crippen LogP) is 3.92. The summed E-state index contributed by atoms with van der Waals surface area (Å²) in [7, 11) is 0. The molecule has 0 bridgehead atoms. The average molecular weight is 182 g/mol. The van der Waals surface area contributed by atoms with E-state index in [1.54, 1.807) is 0 Å². The highest BCUT2D eigenvalue weighted by Gasteiger charge is 2.14.